The standard InChI is InChI=1S/2C30H40FNO9.C20H24FNO6/c2*1-17-13-21(31)25(33)26-22(39-30(6,7)40-26)12-10-11-19-14-20(32(8)28(35)41-29(3,4)5)15-23(37-16-36-9)24(19)27(34)38-18(17)2;1-10-7-14(21)18(25)19(26)15(23)6-4-5-12-8-13(22-3)9-16(24)17(12)20(27)28-11(10)2/h2*10-11,13-15,17-18,22,26H,12,16H2,1-9H3;4-5,7-11,15,19,22-24,26H,6H2,1-3H3/b2*11-10?,21-13+;5-4?,14-7+/t17-,18+,22+,26+;17-,18+,22-,26-;10-,11+,15+,19+/m111/s1. The second kappa shape index (κ2) is 38.1. The number of esters is 3. The average molecular weight is 1550 g/mol. The number of halogens is 3. The van der Waals surface area contributed by atoms with Gasteiger partial charge in [-0.15, -0.1) is 0 Å². The molecule has 110 heavy (non-hydrogen) atoms. The SMILES string of the molecule is CNc1cc(O)c2c(c1)C=CC[C@H](O)[C@H](O)C(=O)/C(F)=C\[C@@H](C)[C@H](C)OC2=O.COCOc1cc(N(C)C(=O)OC(C)(C)C)cc2c1C(=O)O[C@@H](C)[C@H](C)/C=C(/F)C(=O)[C@@H]1OC(C)(C)O[C@@H]1CC=C2.COCOc1cc(N(C)C(=O)OC(C)(C)C)cc2c1C(=O)O[C@@H](C)[C@H](C)/C=C(/F)C(=O)[C@H]1OC(C)(C)O[C@H]1CC=C2. The van der Waals surface area contributed by atoms with Crippen LogP contribution in [0.1, 0.15) is 178 Å². The number of carbonyl (C=O) groups excluding carboxylic acids is 8. The Balaban J connectivity index is 0.000000263. The number of methoxy groups -OCH3 is 2. The molecule has 604 valence electrons. The number of rotatable bonds is 9. The number of aliphatic hydroxyl groups excluding tert-OH is 2. The number of phenols is 1. The van der Waals surface area contributed by atoms with Crippen molar-refractivity contribution in [1.29, 1.82) is 0 Å². The minimum atomic E-state index is -1.93. The van der Waals surface area contributed by atoms with Gasteiger partial charge >= 0.3 is 30.1 Å². The molecular weight excluding hydrogens is 1440 g/mol. The molecule has 0 saturated carbocycles. The summed E-state index contributed by atoms with van der Waals surface area (Å²) in [6, 6.07) is 9.23. The Morgan fingerprint density at radius 2 is 0.873 bits per heavy atom. The summed E-state index contributed by atoms with van der Waals surface area (Å²) < 4.78 is 117. The monoisotopic (exact) mass is 1550 g/mol. The highest BCUT2D eigenvalue weighted by Gasteiger charge is 2.48. The van der Waals surface area contributed by atoms with E-state index in [0.29, 0.717) is 33.8 Å². The van der Waals surface area contributed by atoms with Crippen LogP contribution in [0.25, 0.3) is 18.2 Å². The number of hydrogen-bond acceptors (Lipinski definition) is 25. The van der Waals surface area contributed by atoms with E-state index in [9.17, 15) is 58.1 Å². The van der Waals surface area contributed by atoms with E-state index in [-0.39, 0.29) is 66.8 Å². The Kier molecular flexibility index (Phi) is 31.0. The fourth-order valence-electron chi connectivity index (χ4n) is 11.3. The number of carbonyl (C=O) groups is 8. The van der Waals surface area contributed by atoms with Crippen LogP contribution in [0.2, 0.25) is 0 Å². The number of benzene rings is 3. The second-order valence-electron chi connectivity index (χ2n) is 29.9. The zero-order valence-electron chi connectivity index (χ0n) is 66.1. The van der Waals surface area contributed by atoms with Gasteiger partial charge < -0.3 is 82.2 Å². The van der Waals surface area contributed by atoms with Crippen LogP contribution in [0.5, 0.6) is 17.2 Å². The van der Waals surface area contributed by atoms with Crippen molar-refractivity contribution in [1.82, 2.24) is 0 Å². The molecule has 5 aliphatic rings. The molecular formula is C80H104F3N3O24. The van der Waals surface area contributed by atoms with Crippen LogP contribution >= 0.6 is 0 Å². The number of nitrogens with zero attached hydrogens (tertiary/aromatic N) is 2. The van der Waals surface area contributed by atoms with E-state index >= 15 is 8.78 Å². The van der Waals surface area contributed by atoms with E-state index in [1.807, 2.05) is 0 Å². The maximum atomic E-state index is 15.0. The lowest BCUT2D eigenvalue weighted by Crippen LogP contribution is -2.34. The summed E-state index contributed by atoms with van der Waals surface area (Å²) in [5, 5.41) is 33.0. The predicted molar refractivity (Wildman–Crippen MR) is 400 cm³/mol. The van der Waals surface area contributed by atoms with Crippen molar-refractivity contribution < 1.29 is 128 Å². The van der Waals surface area contributed by atoms with Crippen LogP contribution in [0, 0.1) is 17.8 Å². The first kappa shape index (κ1) is 89.6. The van der Waals surface area contributed by atoms with Crippen LogP contribution < -0.4 is 24.6 Å². The normalized spacial score (nSPS) is 26.8. The number of hydrogen-bond donors (Lipinski definition) is 4. The number of Topliss-reactive ketones (excluding diaryl/α,β-unsaturated/α-hetero) is 3. The number of phenolic OH excluding ortho intramolecular Hbond substituents is 1. The van der Waals surface area contributed by atoms with Gasteiger partial charge in [0.2, 0.25) is 17.3 Å². The number of fused-ring (bicyclic) bond motifs is 5. The van der Waals surface area contributed by atoms with Gasteiger partial charge in [-0.25, -0.2) is 37.1 Å². The quantitative estimate of drug-likeness (QED) is 0.0878. The van der Waals surface area contributed by atoms with Gasteiger partial charge in [0.1, 0.15) is 69.6 Å². The first-order valence-corrected chi connectivity index (χ1v) is 35.7. The molecule has 2 fully saturated rings. The van der Waals surface area contributed by atoms with Gasteiger partial charge in [-0.2, -0.15) is 0 Å². The van der Waals surface area contributed by atoms with Crippen molar-refractivity contribution in [2.75, 3.05) is 64.1 Å². The minimum Gasteiger partial charge on any atom is -0.507 e. The third-order valence-corrected chi connectivity index (χ3v) is 17.6. The minimum absolute atomic E-state index is 0.0803. The van der Waals surface area contributed by atoms with Crippen LogP contribution in [-0.4, -0.2) is 189 Å². The van der Waals surface area contributed by atoms with Crippen molar-refractivity contribution in [3.63, 3.8) is 0 Å². The summed E-state index contributed by atoms with van der Waals surface area (Å²) in [6.07, 6.45) is 1.78. The lowest BCUT2D eigenvalue weighted by atomic mass is 9.98. The number of aliphatic hydroxyl groups is 2. The van der Waals surface area contributed by atoms with Gasteiger partial charge in [0, 0.05) is 77.0 Å². The fourth-order valence-corrected chi connectivity index (χ4v) is 11.3. The summed E-state index contributed by atoms with van der Waals surface area (Å²) >= 11 is 0. The number of anilines is 3. The lowest BCUT2D eigenvalue weighted by Gasteiger charge is -2.26. The molecule has 5 heterocycles. The Morgan fingerprint density at radius 3 is 1.23 bits per heavy atom. The highest BCUT2D eigenvalue weighted by Crippen LogP contribution is 2.40. The average Bonchev–Trinajstić information content (AvgIpc) is 1.48. The van der Waals surface area contributed by atoms with Crippen molar-refractivity contribution >= 4 is 82.7 Å². The van der Waals surface area contributed by atoms with Gasteiger partial charge in [0.05, 0.1) is 29.7 Å². The third kappa shape index (κ3) is 24.4. The zero-order valence-corrected chi connectivity index (χ0v) is 66.1. The molecule has 3 aromatic rings. The number of aromatic hydroxyl groups is 1. The molecule has 5 aliphatic heterocycles. The molecule has 8 rings (SSSR count). The molecule has 12 atom stereocenters. The zero-order chi connectivity index (χ0) is 82.4. The number of cyclic esters (lactones) is 3. The van der Waals surface area contributed by atoms with Crippen molar-refractivity contribution in [2.24, 2.45) is 17.8 Å². The maximum absolute atomic E-state index is 15.0. The van der Waals surface area contributed by atoms with Gasteiger partial charge in [-0.3, -0.25) is 24.2 Å². The van der Waals surface area contributed by atoms with Gasteiger partial charge in [0.15, 0.2) is 54.8 Å². The summed E-state index contributed by atoms with van der Waals surface area (Å²) in [6.45, 7) is 26.3. The molecule has 0 aromatic heterocycles. The molecule has 0 aliphatic carbocycles. The Hall–Kier alpha value is -9.27. The van der Waals surface area contributed by atoms with Gasteiger partial charge in [0.25, 0.3) is 0 Å². The Bertz CT molecular complexity index is 3870. The summed E-state index contributed by atoms with van der Waals surface area (Å²) in [4.78, 5) is 106. The molecule has 2 saturated heterocycles. The van der Waals surface area contributed by atoms with Gasteiger partial charge in [-0.1, -0.05) is 57.2 Å². The van der Waals surface area contributed by atoms with Crippen LogP contribution in [0.4, 0.5) is 39.8 Å². The molecule has 2 amide bonds. The smallest absolute Gasteiger partial charge is 0.414 e. The molecule has 30 heteroatoms. The molecule has 3 aromatic carbocycles. The van der Waals surface area contributed by atoms with E-state index in [1.165, 1.54) is 82.3 Å². The topological polar surface area (TPSA) is 336 Å². The molecule has 0 unspecified atom stereocenters. The number of ketones is 3. The number of amides is 2. The van der Waals surface area contributed by atoms with Crippen LogP contribution in [0.3, 0.4) is 0 Å². The fraction of sp³-hybridized carbons (Fsp3) is 0.525. The van der Waals surface area contributed by atoms with Crippen molar-refractivity contribution in [3.05, 3.63) is 124 Å². The lowest BCUT2D eigenvalue weighted by molar-refractivity contribution is -0.153. The molecule has 0 radical (unpaired) electrons. The highest BCUT2D eigenvalue weighted by atomic mass is 19.1. The largest absolute Gasteiger partial charge is 0.507 e. The Morgan fingerprint density at radius 1 is 0.527 bits per heavy atom. The Labute approximate surface area is 639 Å². The first-order chi connectivity index (χ1) is 51.2. The summed E-state index contributed by atoms with van der Waals surface area (Å²) in [7, 11) is 7.58. The van der Waals surface area contributed by atoms with Crippen LogP contribution in [-0.2, 0) is 66.5 Å². The summed E-state index contributed by atoms with van der Waals surface area (Å²) in [5.74, 6) is -12.7. The van der Waals surface area contributed by atoms with E-state index in [0.717, 1.165) is 18.2 Å². The van der Waals surface area contributed by atoms with Crippen molar-refractivity contribution in [3.8, 4) is 17.2 Å². The van der Waals surface area contributed by atoms with Crippen molar-refractivity contribution in [2.45, 2.75) is 208 Å². The summed E-state index contributed by atoms with van der Waals surface area (Å²) in [5.41, 5.74) is 0.969. The van der Waals surface area contributed by atoms with E-state index in [1.54, 1.807) is 146 Å². The van der Waals surface area contributed by atoms with Crippen LogP contribution in [0.15, 0.2) is 90.3 Å². The number of ether oxygens (including phenoxy) is 13. The molecule has 4 N–H and O–H groups in total. The van der Waals surface area contributed by atoms with E-state index < -0.39 is 160 Å². The van der Waals surface area contributed by atoms with E-state index in [4.69, 9.17) is 61.6 Å². The third-order valence-electron chi connectivity index (χ3n) is 17.6. The molecule has 0 bridgehead atoms. The maximum Gasteiger partial charge on any atom is 0.414 e. The molecule has 0 spiro atoms. The second-order valence-corrected chi connectivity index (χ2v) is 29.9. The first-order valence-electron chi connectivity index (χ1n) is 35.7. The highest BCUT2D eigenvalue weighted by molar-refractivity contribution is 6.02. The predicted octanol–water partition coefficient (Wildman–Crippen LogP) is 13.3. The number of nitrogens with one attached hydrogen (secondary N) is 1. The molecule has 27 nitrogen and oxygen atoms in total. The van der Waals surface area contributed by atoms with E-state index in [2.05, 4.69) is 5.32 Å². The van der Waals surface area contributed by atoms with Gasteiger partial charge in [-0.05, 0) is 162 Å².